The van der Waals surface area contributed by atoms with Gasteiger partial charge in [0.1, 0.15) is 0 Å². The molecule has 4 aromatic rings. The summed E-state index contributed by atoms with van der Waals surface area (Å²) in [6, 6.07) is 22.8. The molecule has 0 fully saturated rings. The second-order valence-electron chi connectivity index (χ2n) is 5.36. The largest absolute Gasteiger partial charge is 0.252 e. The summed E-state index contributed by atoms with van der Waals surface area (Å²) < 4.78 is 1.16. The van der Waals surface area contributed by atoms with Gasteiger partial charge in [0.05, 0.1) is 15.9 Å². The monoisotopic (exact) mass is 317 g/mol. The number of fused-ring (bicyclic) bond motifs is 2. The predicted octanol–water partition coefficient (Wildman–Crippen LogP) is 5.29. The van der Waals surface area contributed by atoms with Crippen LogP contribution < -0.4 is 5.43 Å². The number of hydrogen-bond acceptors (Lipinski definition) is 4. The van der Waals surface area contributed by atoms with Gasteiger partial charge in [-0.1, -0.05) is 59.9 Å². The summed E-state index contributed by atoms with van der Waals surface area (Å²) in [6.07, 6.45) is 0. The normalized spacial score (nSPS) is 12.0. The molecule has 0 aliphatic heterocycles. The van der Waals surface area contributed by atoms with E-state index in [1.165, 1.54) is 10.8 Å². The van der Waals surface area contributed by atoms with Crippen molar-refractivity contribution in [2.24, 2.45) is 5.10 Å². The van der Waals surface area contributed by atoms with Gasteiger partial charge in [0.2, 0.25) is 5.13 Å². The summed E-state index contributed by atoms with van der Waals surface area (Å²) in [5.41, 5.74) is 6.12. The molecule has 1 N–H and O–H groups in total. The number of hydrogen-bond donors (Lipinski definition) is 1. The molecule has 23 heavy (non-hydrogen) atoms. The lowest BCUT2D eigenvalue weighted by Crippen LogP contribution is -1.99. The lowest BCUT2D eigenvalue weighted by atomic mass is 10.0. The molecule has 112 valence electrons. The Bertz CT molecular complexity index is 984. The third kappa shape index (κ3) is 2.81. The van der Waals surface area contributed by atoms with Crippen molar-refractivity contribution in [3.05, 3.63) is 72.3 Å². The first-order valence-corrected chi connectivity index (χ1v) is 8.26. The third-order valence-electron chi connectivity index (χ3n) is 3.78. The number of thiazole rings is 1. The highest BCUT2D eigenvalue weighted by Gasteiger charge is 2.03. The Morgan fingerprint density at radius 1 is 0.957 bits per heavy atom. The maximum atomic E-state index is 4.53. The Balaban J connectivity index is 1.61. The van der Waals surface area contributed by atoms with Crippen molar-refractivity contribution in [3.8, 4) is 0 Å². The maximum Gasteiger partial charge on any atom is 0.204 e. The van der Waals surface area contributed by atoms with E-state index >= 15 is 0 Å². The fourth-order valence-corrected chi connectivity index (χ4v) is 3.34. The minimum Gasteiger partial charge on any atom is -0.252 e. The fraction of sp³-hybridized carbons (Fsp3) is 0.0526. The third-order valence-corrected chi connectivity index (χ3v) is 4.72. The number of rotatable bonds is 3. The molecule has 0 saturated carbocycles. The highest BCUT2D eigenvalue weighted by molar-refractivity contribution is 7.22. The van der Waals surface area contributed by atoms with Gasteiger partial charge in [0.25, 0.3) is 0 Å². The van der Waals surface area contributed by atoms with Crippen molar-refractivity contribution in [3.63, 3.8) is 0 Å². The van der Waals surface area contributed by atoms with Crippen LogP contribution in [0.1, 0.15) is 12.5 Å². The van der Waals surface area contributed by atoms with Crippen molar-refractivity contribution < 1.29 is 0 Å². The standard InChI is InChI=1S/C19H15N3S/c1-13(15-11-10-14-6-2-3-7-16(14)12-15)21-22-19-20-17-8-4-5-9-18(17)23-19/h2-12H,1H3,(H,20,22). The van der Waals surface area contributed by atoms with E-state index in [0.717, 1.165) is 26.6 Å². The van der Waals surface area contributed by atoms with Crippen molar-refractivity contribution in [1.29, 1.82) is 0 Å². The van der Waals surface area contributed by atoms with Crippen LogP contribution in [0.3, 0.4) is 0 Å². The first-order chi connectivity index (χ1) is 11.3. The number of para-hydroxylation sites is 1. The zero-order valence-electron chi connectivity index (χ0n) is 12.7. The number of benzene rings is 3. The molecule has 0 unspecified atom stereocenters. The van der Waals surface area contributed by atoms with Gasteiger partial charge < -0.3 is 0 Å². The smallest absolute Gasteiger partial charge is 0.204 e. The van der Waals surface area contributed by atoms with Crippen molar-refractivity contribution in [2.45, 2.75) is 6.92 Å². The molecule has 0 radical (unpaired) electrons. The summed E-state index contributed by atoms with van der Waals surface area (Å²) in [5, 5.41) is 7.75. The molecular formula is C19H15N3S. The second kappa shape index (κ2) is 5.82. The van der Waals surface area contributed by atoms with Crippen LogP contribution in [0, 0.1) is 0 Å². The Morgan fingerprint density at radius 2 is 1.74 bits per heavy atom. The van der Waals surface area contributed by atoms with Crippen LogP contribution >= 0.6 is 11.3 Å². The summed E-state index contributed by atoms with van der Waals surface area (Å²) in [5.74, 6) is 0. The Hall–Kier alpha value is -2.72. The lowest BCUT2D eigenvalue weighted by molar-refractivity contribution is 1.29. The molecule has 3 nitrogen and oxygen atoms in total. The van der Waals surface area contributed by atoms with Crippen LogP contribution in [0.25, 0.3) is 21.0 Å². The number of nitrogens with zero attached hydrogens (tertiary/aromatic N) is 2. The SMILES string of the molecule is CC(=NNc1nc2ccccc2s1)c1ccc2ccccc2c1. The van der Waals surface area contributed by atoms with Crippen LogP contribution in [0.5, 0.6) is 0 Å². The molecule has 0 aliphatic carbocycles. The lowest BCUT2D eigenvalue weighted by Gasteiger charge is -2.03. The van der Waals surface area contributed by atoms with Crippen molar-refractivity contribution in [1.82, 2.24) is 4.98 Å². The molecule has 0 aliphatic rings. The molecule has 0 atom stereocenters. The Kier molecular flexibility index (Phi) is 3.52. The topological polar surface area (TPSA) is 37.3 Å². The quantitative estimate of drug-likeness (QED) is 0.412. The highest BCUT2D eigenvalue weighted by Crippen LogP contribution is 2.25. The van der Waals surface area contributed by atoms with Crippen LogP contribution in [0.2, 0.25) is 0 Å². The van der Waals surface area contributed by atoms with Gasteiger partial charge in [0.15, 0.2) is 0 Å². The van der Waals surface area contributed by atoms with E-state index in [1.54, 1.807) is 11.3 Å². The molecule has 1 aromatic heterocycles. The molecule has 0 saturated heterocycles. The van der Waals surface area contributed by atoms with E-state index in [2.05, 4.69) is 64.0 Å². The van der Waals surface area contributed by atoms with Gasteiger partial charge in [0, 0.05) is 0 Å². The van der Waals surface area contributed by atoms with E-state index < -0.39 is 0 Å². The molecule has 4 rings (SSSR count). The van der Waals surface area contributed by atoms with E-state index in [4.69, 9.17) is 0 Å². The van der Waals surface area contributed by atoms with E-state index in [9.17, 15) is 0 Å². The predicted molar refractivity (Wildman–Crippen MR) is 99.4 cm³/mol. The second-order valence-corrected chi connectivity index (χ2v) is 6.39. The summed E-state index contributed by atoms with van der Waals surface area (Å²) in [7, 11) is 0. The van der Waals surface area contributed by atoms with Gasteiger partial charge in [-0.05, 0) is 41.5 Å². The molecule has 1 heterocycles. The summed E-state index contributed by atoms with van der Waals surface area (Å²) >= 11 is 1.61. The van der Waals surface area contributed by atoms with Gasteiger partial charge in [-0.3, -0.25) is 5.43 Å². The van der Waals surface area contributed by atoms with E-state index in [-0.39, 0.29) is 0 Å². The average Bonchev–Trinajstić information content (AvgIpc) is 3.02. The van der Waals surface area contributed by atoms with Gasteiger partial charge in [-0.25, -0.2) is 4.98 Å². The van der Waals surface area contributed by atoms with Crippen LogP contribution in [0.15, 0.2) is 71.8 Å². The molecule has 4 heteroatoms. The fourth-order valence-electron chi connectivity index (χ4n) is 2.53. The minimum atomic E-state index is 0.811. The van der Waals surface area contributed by atoms with Gasteiger partial charge >= 0.3 is 0 Å². The van der Waals surface area contributed by atoms with E-state index in [1.807, 2.05) is 25.1 Å². The number of nitrogens with one attached hydrogen (secondary N) is 1. The number of anilines is 1. The van der Waals surface area contributed by atoms with Crippen LogP contribution in [-0.4, -0.2) is 10.7 Å². The first-order valence-electron chi connectivity index (χ1n) is 7.45. The van der Waals surface area contributed by atoms with Gasteiger partial charge in [-0.2, -0.15) is 5.10 Å². The zero-order chi connectivity index (χ0) is 15.6. The van der Waals surface area contributed by atoms with Crippen LogP contribution in [-0.2, 0) is 0 Å². The molecular weight excluding hydrogens is 302 g/mol. The van der Waals surface area contributed by atoms with Crippen LogP contribution in [0.4, 0.5) is 5.13 Å². The number of aromatic nitrogens is 1. The van der Waals surface area contributed by atoms with Gasteiger partial charge in [-0.15, -0.1) is 0 Å². The maximum absolute atomic E-state index is 4.53. The Morgan fingerprint density at radius 3 is 2.61 bits per heavy atom. The summed E-state index contributed by atoms with van der Waals surface area (Å²) in [6.45, 7) is 2.00. The average molecular weight is 317 g/mol. The van der Waals surface area contributed by atoms with Crippen molar-refractivity contribution >= 4 is 43.2 Å². The zero-order valence-corrected chi connectivity index (χ0v) is 13.5. The highest BCUT2D eigenvalue weighted by atomic mass is 32.1. The summed E-state index contributed by atoms with van der Waals surface area (Å²) in [4.78, 5) is 4.53. The Labute approximate surface area is 138 Å². The molecule has 0 spiro atoms. The minimum absolute atomic E-state index is 0.811. The molecule has 3 aromatic carbocycles. The first kappa shape index (κ1) is 13.9. The molecule has 0 amide bonds. The van der Waals surface area contributed by atoms with Crippen molar-refractivity contribution in [2.75, 3.05) is 5.43 Å². The number of hydrazone groups is 1. The molecule has 0 bridgehead atoms. The van der Waals surface area contributed by atoms with E-state index in [0.29, 0.717) is 0 Å².